The summed E-state index contributed by atoms with van der Waals surface area (Å²) in [4.78, 5) is 19.1. The summed E-state index contributed by atoms with van der Waals surface area (Å²) >= 11 is 0. The number of hydrogen-bond acceptors (Lipinski definition) is 4. The van der Waals surface area contributed by atoms with E-state index in [0.717, 1.165) is 22.5 Å². The summed E-state index contributed by atoms with van der Waals surface area (Å²) in [5, 5.41) is 3.25. The number of aromatic nitrogens is 1. The SMILES string of the molecule is C\C=C/C(=C\C)C(/C)=C/Nc1ccc(-c2cccc(C(=O)N3CCOCC3)c2)cn1. The summed E-state index contributed by atoms with van der Waals surface area (Å²) in [5.74, 6) is 0.822. The van der Waals surface area contributed by atoms with Gasteiger partial charge in [-0.3, -0.25) is 4.79 Å². The molecule has 5 nitrogen and oxygen atoms in total. The molecule has 0 radical (unpaired) electrons. The lowest BCUT2D eigenvalue weighted by Gasteiger charge is -2.27. The predicted molar refractivity (Wildman–Crippen MR) is 122 cm³/mol. The molecule has 156 valence electrons. The van der Waals surface area contributed by atoms with E-state index in [-0.39, 0.29) is 5.91 Å². The van der Waals surface area contributed by atoms with Gasteiger partial charge in [0.2, 0.25) is 0 Å². The summed E-state index contributed by atoms with van der Waals surface area (Å²) in [6, 6.07) is 11.7. The lowest BCUT2D eigenvalue weighted by molar-refractivity contribution is 0.0303. The van der Waals surface area contributed by atoms with Crippen molar-refractivity contribution in [1.82, 2.24) is 9.88 Å². The molecule has 1 fully saturated rings. The van der Waals surface area contributed by atoms with Gasteiger partial charge < -0.3 is 15.0 Å². The molecule has 2 aromatic rings. The third-order valence-electron chi connectivity index (χ3n) is 5.05. The van der Waals surface area contributed by atoms with Crippen LogP contribution in [0.4, 0.5) is 5.82 Å². The smallest absolute Gasteiger partial charge is 0.254 e. The van der Waals surface area contributed by atoms with Gasteiger partial charge >= 0.3 is 0 Å². The minimum absolute atomic E-state index is 0.0490. The third kappa shape index (κ3) is 5.45. The van der Waals surface area contributed by atoms with E-state index in [1.54, 1.807) is 0 Å². The molecule has 0 atom stereocenters. The number of morpholine rings is 1. The highest BCUT2D eigenvalue weighted by molar-refractivity contribution is 5.95. The van der Waals surface area contributed by atoms with Gasteiger partial charge in [0, 0.05) is 36.6 Å². The van der Waals surface area contributed by atoms with Crippen molar-refractivity contribution < 1.29 is 9.53 Å². The number of pyridine rings is 1. The Morgan fingerprint density at radius 3 is 2.60 bits per heavy atom. The molecule has 1 aromatic carbocycles. The fraction of sp³-hybridized carbons (Fsp3) is 0.280. The van der Waals surface area contributed by atoms with Crippen LogP contribution in [0.15, 0.2) is 78.2 Å². The van der Waals surface area contributed by atoms with Gasteiger partial charge in [-0.2, -0.15) is 0 Å². The molecule has 3 rings (SSSR count). The maximum absolute atomic E-state index is 12.7. The highest BCUT2D eigenvalue weighted by Gasteiger charge is 2.18. The number of allylic oxidation sites excluding steroid dienone is 5. The van der Waals surface area contributed by atoms with Crippen LogP contribution in [0.25, 0.3) is 11.1 Å². The first-order valence-electron chi connectivity index (χ1n) is 10.3. The number of amides is 1. The van der Waals surface area contributed by atoms with Crippen molar-refractivity contribution in [1.29, 1.82) is 0 Å². The van der Waals surface area contributed by atoms with Crippen molar-refractivity contribution in [3.8, 4) is 11.1 Å². The molecular formula is C25H29N3O2. The number of benzene rings is 1. The Morgan fingerprint density at radius 2 is 1.93 bits per heavy atom. The summed E-state index contributed by atoms with van der Waals surface area (Å²) in [6.45, 7) is 8.57. The van der Waals surface area contributed by atoms with Crippen molar-refractivity contribution >= 4 is 11.7 Å². The number of nitrogens with one attached hydrogen (secondary N) is 1. The number of carbonyl (C=O) groups excluding carboxylic acids is 1. The topological polar surface area (TPSA) is 54.5 Å². The average molecular weight is 404 g/mol. The third-order valence-corrected chi connectivity index (χ3v) is 5.05. The lowest BCUT2D eigenvalue weighted by Crippen LogP contribution is -2.40. The van der Waals surface area contributed by atoms with Crippen molar-refractivity contribution in [2.24, 2.45) is 0 Å². The van der Waals surface area contributed by atoms with Crippen LogP contribution in [0.3, 0.4) is 0 Å². The van der Waals surface area contributed by atoms with Gasteiger partial charge in [0.05, 0.1) is 13.2 Å². The molecule has 30 heavy (non-hydrogen) atoms. The molecule has 1 aromatic heterocycles. The van der Waals surface area contributed by atoms with Crippen molar-refractivity contribution in [2.75, 3.05) is 31.6 Å². The number of nitrogens with zero attached hydrogens (tertiary/aromatic N) is 2. The Morgan fingerprint density at radius 1 is 1.13 bits per heavy atom. The average Bonchev–Trinajstić information content (AvgIpc) is 2.81. The van der Waals surface area contributed by atoms with Gasteiger partial charge in [-0.05, 0) is 61.7 Å². The molecular weight excluding hydrogens is 374 g/mol. The second-order valence-corrected chi connectivity index (χ2v) is 7.13. The zero-order valence-corrected chi connectivity index (χ0v) is 17.9. The molecule has 0 saturated carbocycles. The largest absolute Gasteiger partial charge is 0.378 e. The van der Waals surface area contributed by atoms with Gasteiger partial charge in [-0.1, -0.05) is 30.4 Å². The van der Waals surface area contributed by atoms with E-state index in [9.17, 15) is 4.79 Å². The number of rotatable bonds is 6. The molecule has 1 aliphatic heterocycles. The summed E-state index contributed by atoms with van der Waals surface area (Å²) in [5.41, 5.74) is 4.95. The molecule has 1 amide bonds. The Bertz CT molecular complexity index is 953. The maximum atomic E-state index is 12.7. The van der Waals surface area contributed by atoms with Gasteiger partial charge in [-0.25, -0.2) is 4.98 Å². The molecule has 1 saturated heterocycles. The Balaban J connectivity index is 1.71. The van der Waals surface area contributed by atoms with Gasteiger partial charge in [-0.15, -0.1) is 0 Å². The van der Waals surface area contributed by atoms with E-state index in [1.165, 1.54) is 5.57 Å². The van der Waals surface area contributed by atoms with E-state index in [4.69, 9.17) is 4.74 Å². The lowest BCUT2D eigenvalue weighted by atomic mass is 10.0. The minimum atomic E-state index is 0.0490. The zero-order valence-electron chi connectivity index (χ0n) is 17.9. The van der Waals surface area contributed by atoms with Crippen LogP contribution in [-0.2, 0) is 4.74 Å². The first-order chi connectivity index (χ1) is 14.6. The van der Waals surface area contributed by atoms with E-state index < -0.39 is 0 Å². The Hall–Kier alpha value is -3.18. The monoisotopic (exact) mass is 403 g/mol. The van der Waals surface area contributed by atoms with Crippen LogP contribution in [0.1, 0.15) is 31.1 Å². The summed E-state index contributed by atoms with van der Waals surface area (Å²) in [7, 11) is 0. The normalized spacial score (nSPS) is 15.5. The quantitative estimate of drug-likeness (QED) is 0.685. The molecule has 1 aliphatic rings. The second kappa shape index (κ2) is 10.6. The summed E-state index contributed by atoms with van der Waals surface area (Å²) in [6.07, 6.45) is 9.97. The predicted octanol–water partition coefficient (Wildman–Crippen LogP) is 5.06. The van der Waals surface area contributed by atoms with Crippen molar-refractivity contribution in [2.45, 2.75) is 20.8 Å². The van der Waals surface area contributed by atoms with Crippen molar-refractivity contribution in [3.05, 3.63) is 83.7 Å². The number of carbonyl (C=O) groups is 1. The highest BCUT2D eigenvalue weighted by atomic mass is 16.5. The molecule has 1 N–H and O–H groups in total. The van der Waals surface area contributed by atoms with Gasteiger partial charge in [0.1, 0.15) is 5.82 Å². The van der Waals surface area contributed by atoms with Crippen LogP contribution in [0.5, 0.6) is 0 Å². The molecule has 2 heterocycles. The molecule has 0 unspecified atom stereocenters. The van der Waals surface area contributed by atoms with Crippen LogP contribution in [-0.4, -0.2) is 42.1 Å². The first kappa shape index (κ1) is 21.5. The maximum Gasteiger partial charge on any atom is 0.254 e. The van der Waals surface area contributed by atoms with Crippen LogP contribution < -0.4 is 5.32 Å². The zero-order chi connectivity index (χ0) is 21.3. The van der Waals surface area contributed by atoms with Gasteiger partial charge in [0.25, 0.3) is 5.91 Å². The van der Waals surface area contributed by atoms with Crippen LogP contribution in [0.2, 0.25) is 0 Å². The molecule has 0 aliphatic carbocycles. The Kier molecular flexibility index (Phi) is 7.57. The van der Waals surface area contributed by atoms with E-state index in [1.807, 2.05) is 73.6 Å². The van der Waals surface area contributed by atoms with Crippen LogP contribution >= 0.6 is 0 Å². The minimum Gasteiger partial charge on any atom is -0.378 e. The number of hydrogen-bond donors (Lipinski definition) is 1. The molecule has 5 heteroatoms. The highest BCUT2D eigenvalue weighted by Crippen LogP contribution is 2.22. The standard InChI is InChI=1S/C25H29N3O2/c1-4-7-20(5-2)19(3)17-26-24-11-10-23(18-27-24)21-8-6-9-22(16-21)25(29)28-12-14-30-15-13-28/h4-11,16-18H,12-15H2,1-3H3,(H,26,27)/b7-4-,19-17+,20-5+. The first-order valence-corrected chi connectivity index (χ1v) is 10.3. The molecule has 0 bridgehead atoms. The number of anilines is 1. The fourth-order valence-electron chi connectivity index (χ4n) is 3.33. The van der Waals surface area contributed by atoms with E-state index in [0.29, 0.717) is 31.9 Å². The Labute approximate surface area is 178 Å². The van der Waals surface area contributed by atoms with Crippen molar-refractivity contribution in [3.63, 3.8) is 0 Å². The second-order valence-electron chi connectivity index (χ2n) is 7.13. The van der Waals surface area contributed by atoms with Crippen LogP contribution in [0, 0.1) is 0 Å². The molecule has 0 spiro atoms. The number of ether oxygens (including phenoxy) is 1. The van der Waals surface area contributed by atoms with E-state index in [2.05, 4.69) is 29.4 Å². The van der Waals surface area contributed by atoms with E-state index >= 15 is 0 Å². The van der Waals surface area contributed by atoms with Gasteiger partial charge in [0.15, 0.2) is 0 Å². The fourth-order valence-corrected chi connectivity index (χ4v) is 3.33. The summed E-state index contributed by atoms with van der Waals surface area (Å²) < 4.78 is 5.34.